The van der Waals surface area contributed by atoms with Crippen molar-refractivity contribution in [2.75, 3.05) is 12.4 Å². The number of amides is 1. The molecule has 0 unspecified atom stereocenters. The summed E-state index contributed by atoms with van der Waals surface area (Å²) in [6.45, 7) is 2.12. The third kappa shape index (κ3) is 5.04. The van der Waals surface area contributed by atoms with Crippen molar-refractivity contribution >= 4 is 22.5 Å². The van der Waals surface area contributed by atoms with Gasteiger partial charge >= 0.3 is 0 Å². The van der Waals surface area contributed by atoms with E-state index in [0.717, 1.165) is 5.56 Å². The number of aromatic nitrogens is 3. The molecule has 8 heteroatoms. The van der Waals surface area contributed by atoms with Crippen LogP contribution < -0.4 is 20.3 Å². The number of aryl methyl sites for hydroxylation is 1. The Kier molecular flexibility index (Phi) is 6.63. The Hall–Kier alpha value is -4.98. The molecule has 2 aromatic heterocycles. The number of carbonyl (C=O) groups is 1. The number of ether oxygens (including phenoxy) is 2. The Morgan fingerprint density at radius 3 is 2.46 bits per heavy atom. The molecule has 8 nitrogen and oxygen atoms in total. The van der Waals surface area contributed by atoms with Gasteiger partial charge in [0.2, 0.25) is 0 Å². The minimum atomic E-state index is -0.294. The predicted octanol–water partition coefficient (Wildman–Crippen LogP) is 4.93. The number of pyridine rings is 1. The lowest BCUT2D eigenvalue weighted by molar-refractivity contribution is 0.102. The van der Waals surface area contributed by atoms with Gasteiger partial charge in [0.1, 0.15) is 12.4 Å². The van der Waals surface area contributed by atoms with Crippen LogP contribution in [0.15, 0.2) is 96.1 Å². The largest absolute Gasteiger partial charge is 0.493 e. The highest BCUT2D eigenvalue weighted by atomic mass is 16.5. The molecule has 2 heterocycles. The van der Waals surface area contributed by atoms with E-state index >= 15 is 0 Å². The zero-order chi connectivity index (χ0) is 25.8. The molecule has 0 atom stereocenters. The van der Waals surface area contributed by atoms with Crippen LogP contribution in [0.4, 0.5) is 5.69 Å². The summed E-state index contributed by atoms with van der Waals surface area (Å²) in [5.74, 6) is 1.34. The Morgan fingerprint density at radius 1 is 0.946 bits per heavy atom. The van der Waals surface area contributed by atoms with Crippen molar-refractivity contribution in [2.45, 2.75) is 13.5 Å². The molecular weight excluding hydrogens is 468 g/mol. The maximum absolute atomic E-state index is 13.1. The molecule has 37 heavy (non-hydrogen) atoms. The van der Waals surface area contributed by atoms with Crippen LogP contribution in [0.5, 0.6) is 11.5 Å². The molecule has 0 radical (unpaired) electrons. The minimum absolute atomic E-state index is 0.155. The van der Waals surface area contributed by atoms with E-state index in [1.807, 2.05) is 30.3 Å². The molecule has 3 aromatic carbocycles. The SMILES string of the molecule is COc1ccc(NC(=O)c2ccc(-n3c(C)nc4ccccc4c3=O)cc2)cc1OCc1ccncc1. The quantitative estimate of drug-likeness (QED) is 0.346. The molecule has 5 rings (SSSR count). The summed E-state index contributed by atoms with van der Waals surface area (Å²) >= 11 is 0. The Bertz CT molecular complexity index is 1630. The molecular formula is C29H24N4O4. The lowest BCUT2D eigenvalue weighted by Crippen LogP contribution is -2.22. The van der Waals surface area contributed by atoms with E-state index in [1.54, 1.807) is 79.5 Å². The first-order chi connectivity index (χ1) is 18.0. The second-order valence-corrected chi connectivity index (χ2v) is 8.33. The summed E-state index contributed by atoms with van der Waals surface area (Å²) in [7, 11) is 1.56. The molecule has 0 bridgehead atoms. The zero-order valence-corrected chi connectivity index (χ0v) is 20.3. The van der Waals surface area contributed by atoms with E-state index in [1.165, 1.54) is 0 Å². The number of rotatable bonds is 7. The molecule has 1 amide bonds. The summed E-state index contributed by atoms with van der Waals surface area (Å²) < 4.78 is 12.9. The maximum Gasteiger partial charge on any atom is 0.265 e. The van der Waals surface area contributed by atoms with E-state index in [4.69, 9.17) is 9.47 Å². The van der Waals surface area contributed by atoms with Crippen molar-refractivity contribution < 1.29 is 14.3 Å². The number of para-hydroxylation sites is 1. The number of hydrogen-bond acceptors (Lipinski definition) is 6. The summed E-state index contributed by atoms with van der Waals surface area (Å²) in [5.41, 5.74) is 3.10. The van der Waals surface area contributed by atoms with E-state index < -0.39 is 0 Å². The molecule has 0 saturated heterocycles. The highest BCUT2D eigenvalue weighted by molar-refractivity contribution is 6.04. The topological polar surface area (TPSA) is 95.3 Å². The second kappa shape index (κ2) is 10.3. The average molecular weight is 493 g/mol. The fraction of sp³-hybridized carbons (Fsp3) is 0.103. The fourth-order valence-electron chi connectivity index (χ4n) is 4.02. The molecule has 0 spiro atoms. The van der Waals surface area contributed by atoms with Gasteiger partial charge in [-0.05, 0) is 73.2 Å². The molecule has 184 valence electrons. The van der Waals surface area contributed by atoms with E-state index in [2.05, 4.69) is 15.3 Å². The average Bonchev–Trinajstić information content (AvgIpc) is 2.93. The lowest BCUT2D eigenvalue weighted by atomic mass is 10.1. The van der Waals surface area contributed by atoms with Crippen molar-refractivity contribution in [2.24, 2.45) is 0 Å². The minimum Gasteiger partial charge on any atom is -0.493 e. The van der Waals surface area contributed by atoms with Crippen molar-refractivity contribution in [1.82, 2.24) is 14.5 Å². The molecule has 5 aromatic rings. The third-order valence-corrected chi connectivity index (χ3v) is 5.90. The van der Waals surface area contributed by atoms with E-state index in [9.17, 15) is 9.59 Å². The fourth-order valence-corrected chi connectivity index (χ4v) is 4.02. The summed E-state index contributed by atoms with van der Waals surface area (Å²) in [6, 6.07) is 23.0. The van der Waals surface area contributed by atoms with Gasteiger partial charge in [0.05, 0.1) is 23.7 Å². The molecule has 0 aliphatic rings. The van der Waals surface area contributed by atoms with Gasteiger partial charge in [-0.1, -0.05) is 12.1 Å². The molecule has 0 saturated carbocycles. The first kappa shape index (κ1) is 23.7. The van der Waals surface area contributed by atoms with E-state index in [0.29, 0.717) is 51.8 Å². The van der Waals surface area contributed by atoms with Gasteiger partial charge in [0.25, 0.3) is 11.5 Å². The van der Waals surface area contributed by atoms with Gasteiger partial charge < -0.3 is 14.8 Å². The molecule has 0 aliphatic carbocycles. The number of nitrogens with one attached hydrogen (secondary N) is 1. The number of carbonyl (C=O) groups excluding carboxylic acids is 1. The van der Waals surface area contributed by atoms with Crippen LogP contribution >= 0.6 is 0 Å². The van der Waals surface area contributed by atoms with Crippen LogP contribution in [-0.2, 0) is 6.61 Å². The van der Waals surface area contributed by atoms with Crippen LogP contribution in [0.3, 0.4) is 0 Å². The normalized spacial score (nSPS) is 10.8. The number of nitrogens with zero attached hydrogens (tertiary/aromatic N) is 3. The van der Waals surface area contributed by atoms with Gasteiger partial charge in [0.15, 0.2) is 11.5 Å². The smallest absolute Gasteiger partial charge is 0.265 e. The number of benzene rings is 3. The van der Waals surface area contributed by atoms with Crippen LogP contribution in [0.1, 0.15) is 21.7 Å². The molecule has 1 N–H and O–H groups in total. The summed E-state index contributed by atoms with van der Waals surface area (Å²) in [5, 5.41) is 3.43. The zero-order valence-electron chi connectivity index (χ0n) is 20.3. The lowest BCUT2D eigenvalue weighted by Gasteiger charge is -2.14. The predicted molar refractivity (Wildman–Crippen MR) is 142 cm³/mol. The van der Waals surface area contributed by atoms with Crippen molar-refractivity contribution in [1.29, 1.82) is 0 Å². The van der Waals surface area contributed by atoms with E-state index in [-0.39, 0.29) is 11.5 Å². The Balaban J connectivity index is 1.34. The number of methoxy groups -OCH3 is 1. The highest BCUT2D eigenvalue weighted by Gasteiger charge is 2.13. The Labute approximate surface area is 213 Å². The van der Waals surface area contributed by atoms with Gasteiger partial charge in [-0.25, -0.2) is 4.98 Å². The number of anilines is 1. The van der Waals surface area contributed by atoms with Crippen LogP contribution in [0.25, 0.3) is 16.6 Å². The number of fused-ring (bicyclic) bond motifs is 1. The van der Waals surface area contributed by atoms with Gasteiger partial charge in [0, 0.05) is 29.7 Å². The summed E-state index contributed by atoms with van der Waals surface area (Å²) in [4.78, 5) is 34.5. The van der Waals surface area contributed by atoms with Gasteiger partial charge in [-0.3, -0.25) is 19.1 Å². The van der Waals surface area contributed by atoms with Gasteiger partial charge in [-0.15, -0.1) is 0 Å². The van der Waals surface area contributed by atoms with Crippen molar-refractivity contribution in [3.63, 3.8) is 0 Å². The standard InChI is InChI=1S/C29H24N4O4/c1-19-31-25-6-4-3-5-24(25)29(35)33(19)23-10-7-21(8-11-23)28(34)32-22-9-12-26(36-2)27(17-22)37-18-20-13-15-30-16-14-20/h3-17H,18H2,1-2H3,(H,32,34). The third-order valence-electron chi connectivity index (χ3n) is 5.90. The molecule has 0 fully saturated rings. The monoisotopic (exact) mass is 492 g/mol. The highest BCUT2D eigenvalue weighted by Crippen LogP contribution is 2.31. The first-order valence-corrected chi connectivity index (χ1v) is 11.6. The Morgan fingerprint density at radius 2 is 1.70 bits per heavy atom. The van der Waals surface area contributed by atoms with Crippen LogP contribution in [-0.4, -0.2) is 27.6 Å². The number of hydrogen-bond donors (Lipinski definition) is 1. The van der Waals surface area contributed by atoms with Gasteiger partial charge in [-0.2, -0.15) is 0 Å². The maximum atomic E-state index is 13.1. The molecule has 0 aliphatic heterocycles. The first-order valence-electron chi connectivity index (χ1n) is 11.6. The van der Waals surface area contributed by atoms with Crippen molar-refractivity contribution in [3.05, 3.63) is 119 Å². The summed E-state index contributed by atoms with van der Waals surface area (Å²) in [6.07, 6.45) is 3.40. The second-order valence-electron chi connectivity index (χ2n) is 8.33. The van der Waals surface area contributed by atoms with Crippen LogP contribution in [0, 0.1) is 6.92 Å². The van der Waals surface area contributed by atoms with Crippen molar-refractivity contribution in [3.8, 4) is 17.2 Å². The van der Waals surface area contributed by atoms with Crippen LogP contribution in [0.2, 0.25) is 0 Å².